The minimum Gasteiger partial charge on any atom is -0.452 e. The van der Waals surface area contributed by atoms with Gasteiger partial charge in [-0.25, -0.2) is 9.18 Å². The Kier molecular flexibility index (Phi) is 5.65. The van der Waals surface area contributed by atoms with Crippen LogP contribution < -0.4 is 5.32 Å². The number of carbonyl (C=O) groups is 2. The van der Waals surface area contributed by atoms with Crippen LogP contribution in [0.2, 0.25) is 0 Å². The maximum Gasteiger partial charge on any atom is 0.338 e. The van der Waals surface area contributed by atoms with Gasteiger partial charge in [0.05, 0.1) is 5.56 Å². The quantitative estimate of drug-likeness (QED) is 0.833. The zero-order chi connectivity index (χ0) is 15.8. The van der Waals surface area contributed by atoms with Crippen LogP contribution in [0.5, 0.6) is 0 Å². The molecule has 0 bridgehead atoms. The monoisotopic (exact) mass is 301 g/mol. The summed E-state index contributed by atoms with van der Waals surface area (Å²) < 4.78 is 18.3. The Labute approximate surface area is 127 Å². The van der Waals surface area contributed by atoms with Gasteiger partial charge in [-0.2, -0.15) is 0 Å². The van der Waals surface area contributed by atoms with Gasteiger partial charge in [0.15, 0.2) is 6.61 Å². The number of halogens is 1. The van der Waals surface area contributed by atoms with Crippen LogP contribution in [0.4, 0.5) is 4.39 Å². The van der Waals surface area contributed by atoms with Crippen molar-refractivity contribution in [3.8, 4) is 0 Å². The third-order valence-corrected chi connectivity index (χ3v) is 3.02. The molecule has 5 heteroatoms. The number of carbonyl (C=O) groups excluding carboxylic acids is 2. The van der Waals surface area contributed by atoms with Crippen molar-refractivity contribution < 1.29 is 18.7 Å². The summed E-state index contributed by atoms with van der Waals surface area (Å²) in [6.45, 7) is -0.0757. The highest BCUT2D eigenvalue weighted by Gasteiger charge is 2.09. The number of esters is 1. The fraction of sp³-hybridized carbons (Fsp3) is 0.176. The zero-order valence-corrected chi connectivity index (χ0v) is 11.9. The van der Waals surface area contributed by atoms with Crippen molar-refractivity contribution in [1.82, 2.24) is 5.32 Å². The van der Waals surface area contributed by atoms with Crippen molar-refractivity contribution >= 4 is 11.9 Å². The number of rotatable bonds is 6. The van der Waals surface area contributed by atoms with E-state index < -0.39 is 11.9 Å². The summed E-state index contributed by atoms with van der Waals surface area (Å²) in [5, 5.41) is 2.58. The first-order valence-corrected chi connectivity index (χ1v) is 6.89. The minimum absolute atomic E-state index is 0.280. The third-order valence-electron chi connectivity index (χ3n) is 3.02. The van der Waals surface area contributed by atoms with Gasteiger partial charge in [0.1, 0.15) is 5.82 Å². The van der Waals surface area contributed by atoms with Gasteiger partial charge in [-0.1, -0.05) is 36.4 Å². The molecule has 0 aliphatic heterocycles. The van der Waals surface area contributed by atoms with Gasteiger partial charge in [0.25, 0.3) is 5.91 Å². The van der Waals surface area contributed by atoms with E-state index >= 15 is 0 Å². The first kappa shape index (κ1) is 15.7. The van der Waals surface area contributed by atoms with Gasteiger partial charge in [-0.3, -0.25) is 4.79 Å². The summed E-state index contributed by atoms with van der Waals surface area (Å²) in [6, 6.07) is 14.8. The molecule has 4 nitrogen and oxygen atoms in total. The average molecular weight is 301 g/mol. The van der Waals surface area contributed by atoms with Crippen molar-refractivity contribution in [3.63, 3.8) is 0 Å². The third kappa shape index (κ3) is 4.70. The summed E-state index contributed by atoms with van der Waals surface area (Å²) in [6.07, 6.45) is 0.380. The Morgan fingerprint density at radius 2 is 1.68 bits per heavy atom. The van der Waals surface area contributed by atoms with Gasteiger partial charge < -0.3 is 10.1 Å². The summed E-state index contributed by atoms with van der Waals surface area (Å²) in [7, 11) is 0. The highest BCUT2D eigenvalue weighted by molar-refractivity contribution is 5.91. The molecule has 0 aromatic heterocycles. The van der Waals surface area contributed by atoms with Gasteiger partial charge in [-0.15, -0.1) is 0 Å². The number of ether oxygens (including phenoxy) is 1. The predicted octanol–water partition coefficient (Wildman–Crippen LogP) is 2.34. The van der Waals surface area contributed by atoms with Crippen LogP contribution >= 0.6 is 0 Å². The number of benzene rings is 2. The Bertz CT molecular complexity index is 643. The molecule has 0 aliphatic carbocycles. The SMILES string of the molecule is O=C(COC(=O)c1ccccc1)NCCc1ccccc1F. The fourth-order valence-electron chi connectivity index (χ4n) is 1.88. The molecule has 1 amide bonds. The second kappa shape index (κ2) is 7.93. The van der Waals surface area contributed by atoms with E-state index in [-0.39, 0.29) is 19.0 Å². The van der Waals surface area contributed by atoms with Crippen LogP contribution in [-0.4, -0.2) is 25.0 Å². The smallest absolute Gasteiger partial charge is 0.338 e. The molecule has 0 saturated carbocycles. The molecule has 1 N–H and O–H groups in total. The molecule has 0 unspecified atom stereocenters. The van der Waals surface area contributed by atoms with Gasteiger partial charge in [-0.05, 0) is 30.2 Å². The van der Waals surface area contributed by atoms with Crippen LogP contribution in [0.1, 0.15) is 15.9 Å². The molecule has 2 rings (SSSR count). The molecular formula is C17H16FNO3. The fourth-order valence-corrected chi connectivity index (χ4v) is 1.88. The Hall–Kier alpha value is -2.69. The van der Waals surface area contributed by atoms with E-state index in [4.69, 9.17) is 4.74 Å². The van der Waals surface area contributed by atoms with Crippen molar-refractivity contribution in [2.24, 2.45) is 0 Å². The molecule has 0 aliphatic rings. The Morgan fingerprint density at radius 3 is 2.41 bits per heavy atom. The summed E-state index contributed by atoms with van der Waals surface area (Å²) >= 11 is 0. The van der Waals surface area contributed by atoms with Gasteiger partial charge in [0, 0.05) is 6.54 Å². The molecule has 0 radical (unpaired) electrons. The molecule has 2 aromatic carbocycles. The van der Waals surface area contributed by atoms with Crippen LogP contribution in [0.25, 0.3) is 0 Å². The molecule has 2 aromatic rings. The molecule has 0 saturated heterocycles. The summed E-state index contributed by atoms with van der Waals surface area (Å²) in [5.74, 6) is -1.27. The van der Waals surface area contributed by atoms with Gasteiger partial charge >= 0.3 is 5.97 Å². The van der Waals surface area contributed by atoms with Crippen LogP contribution in [0.15, 0.2) is 54.6 Å². The number of hydrogen-bond acceptors (Lipinski definition) is 3. The van der Waals surface area contributed by atoms with E-state index in [0.29, 0.717) is 17.5 Å². The van der Waals surface area contributed by atoms with E-state index in [9.17, 15) is 14.0 Å². The highest BCUT2D eigenvalue weighted by atomic mass is 19.1. The average Bonchev–Trinajstić information content (AvgIpc) is 2.55. The first-order chi connectivity index (χ1) is 10.7. The number of nitrogens with one attached hydrogen (secondary N) is 1. The first-order valence-electron chi connectivity index (χ1n) is 6.89. The van der Waals surface area contributed by atoms with Crippen molar-refractivity contribution in [3.05, 3.63) is 71.5 Å². The summed E-state index contributed by atoms with van der Waals surface area (Å²) in [4.78, 5) is 23.2. The zero-order valence-electron chi connectivity index (χ0n) is 11.9. The minimum atomic E-state index is -0.551. The van der Waals surface area contributed by atoms with E-state index in [0.717, 1.165) is 0 Å². The highest BCUT2D eigenvalue weighted by Crippen LogP contribution is 2.06. The topological polar surface area (TPSA) is 55.4 Å². The summed E-state index contributed by atoms with van der Waals surface area (Å²) in [5.41, 5.74) is 0.922. The lowest BCUT2D eigenvalue weighted by atomic mass is 10.1. The standard InChI is InChI=1S/C17H16FNO3/c18-15-9-5-4-6-13(15)10-11-19-16(20)12-22-17(21)14-7-2-1-3-8-14/h1-9H,10-12H2,(H,19,20). The Morgan fingerprint density at radius 1 is 1.00 bits per heavy atom. The largest absolute Gasteiger partial charge is 0.452 e. The predicted molar refractivity (Wildman–Crippen MR) is 79.8 cm³/mol. The van der Waals surface area contributed by atoms with E-state index in [2.05, 4.69) is 5.32 Å². The Balaban J connectivity index is 1.70. The molecule has 114 valence electrons. The second-order valence-electron chi connectivity index (χ2n) is 4.63. The molecule has 0 fully saturated rings. The molecule has 22 heavy (non-hydrogen) atoms. The molecule has 0 atom stereocenters. The second-order valence-corrected chi connectivity index (χ2v) is 4.63. The van der Waals surface area contributed by atoms with Crippen LogP contribution in [0, 0.1) is 5.82 Å². The lowest BCUT2D eigenvalue weighted by Crippen LogP contribution is -2.30. The molecule has 0 heterocycles. The van der Waals surface area contributed by atoms with Crippen LogP contribution in [-0.2, 0) is 16.0 Å². The lowest BCUT2D eigenvalue weighted by Gasteiger charge is -2.07. The molecule has 0 spiro atoms. The van der Waals surface area contributed by atoms with Crippen molar-refractivity contribution in [2.75, 3.05) is 13.2 Å². The molecular weight excluding hydrogens is 285 g/mol. The maximum atomic E-state index is 13.4. The normalized spacial score (nSPS) is 10.0. The number of hydrogen-bond donors (Lipinski definition) is 1. The van der Waals surface area contributed by atoms with Crippen LogP contribution in [0.3, 0.4) is 0 Å². The van der Waals surface area contributed by atoms with Gasteiger partial charge in [0.2, 0.25) is 0 Å². The maximum absolute atomic E-state index is 13.4. The lowest BCUT2D eigenvalue weighted by molar-refractivity contribution is -0.124. The van der Waals surface area contributed by atoms with E-state index in [1.807, 2.05) is 0 Å². The van der Waals surface area contributed by atoms with Crippen molar-refractivity contribution in [1.29, 1.82) is 0 Å². The number of amides is 1. The van der Waals surface area contributed by atoms with E-state index in [1.165, 1.54) is 6.07 Å². The van der Waals surface area contributed by atoms with E-state index in [1.54, 1.807) is 48.5 Å². The van der Waals surface area contributed by atoms with Crippen molar-refractivity contribution in [2.45, 2.75) is 6.42 Å².